The molecule has 0 saturated heterocycles. The Kier molecular flexibility index (Phi) is 3.86. The second kappa shape index (κ2) is 5.95. The molecule has 0 radical (unpaired) electrons. The van der Waals surface area contributed by atoms with Crippen molar-refractivity contribution in [2.24, 2.45) is 0 Å². The number of hydrogen-bond donors (Lipinski definition) is 1. The maximum Gasteiger partial charge on any atom is 0.227 e. The molecule has 1 aromatic carbocycles. The fourth-order valence-electron chi connectivity index (χ4n) is 2.75. The molecule has 0 aliphatic carbocycles. The zero-order chi connectivity index (χ0) is 14.7. The van der Waals surface area contributed by atoms with E-state index in [1.165, 1.54) is 5.56 Å². The fraction of sp³-hybridized carbons (Fsp3) is 0.294. The van der Waals surface area contributed by atoms with Gasteiger partial charge in [0.15, 0.2) is 0 Å². The largest absolute Gasteiger partial charge is 0.373 e. The molecule has 0 bridgehead atoms. The van der Waals surface area contributed by atoms with E-state index in [4.69, 9.17) is 0 Å². The van der Waals surface area contributed by atoms with Crippen molar-refractivity contribution in [3.8, 4) is 0 Å². The van der Waals surface area contributed by atoms with Crippen molar-refractivity contribution in [3.63, 3.8) is 0 Å². The van der Waals surface area contributed by atoms with Gasteiger partial charge in [0, 0.05) is 25.4 Å². The van der Waals surface area contributed by atoms with E-state index in [0.29, 0.717) is 13.0 Å². The fourth-order valence-corrected chi connectivity index (χ4v) is 2.75. The average Bonchev–Trinajstić information content (AvgIpc) is 2.68. The molecule has 4 heteroatoms. The van der Waals surface area contributed by atoms with Crippen LogP contribution in [0.25, 0.3) is 0 Å². The predicted molar refractivity (Wildman–Crippen MR) is 84.4 cm³/mol. The summed E-state index contributed by atoms with van der Waals surface area (Å²) in [5.41, 5.74) is 3.38. The number of nitrogens with one attached hydrogen (secondary N) is 1. The second-order valence-corrected chi connectivity index (χ2v) is 5.26. The van der Waals surface area contributed by atoms with Gasteiger partial charge in [0.25, 0.3) is 0 Å². The Morgan fingerprint density at radius 1 is 1.24 bits per heavy atom. The minimum atomic E-state index is 0.197. The lowest BCUT2D eigenvalue weighted by molar-refractivity contribution is -0.118. The number of para-hydroxylation sites is 1. The molecule has 4 nitrogen and oxygen atoms in total. The first-order valence-electron chi connectivity index (χ1n) is 7.29. The van der Waals surface area contributed by atoms with Crippen LogP contribution in [-0.4, -0.2) is 17.9 Å². The first-order chi connectivity index (χ1) is 10.3. The minimum absolute atomic E-state index is 0.197. The number of benzene rings is 1. The highest BCUT2D eigenvalue weighted by Gasteiger charge is 2.21. The van der Waals surface area contributed by atoms with E-state index < -0.39 is 0 Å². The number of carbonyl (C=O) groups excluding carboxylic acids is 1. The minimum Gasteiger partial charge on any atom is -0.373 e. The number of amides is 1. The molecule has 1 aliphatic rings. The van der Waals surface area contributed by atoms with Crippen LogP contribution >= 0.6 is 0 Å². The number of rotatable bonds is 3. The molecule has 1 aromatic heterocycles. The number of fused-ring (bicyclic) bond motifs is 1. The van der Waals surface area contributed by atoms with Crippen LogP contribution in [0.15, 0.2) is 42.6 Å². The van der Waals surface area contributed by atoms with Gasteiger partial charge in [0.05, 0.1) is 6.54 Å². The summed E-state index contributed by atoms with van der Waals surface area (Å²) in [5, 5.41) is 3.03. The number of aromatic nitrogens is 1. The summed E-state index contributed by atoms with van der Waals surface area (Å²) in [5.74, 6) is 1.02. The van der Waals surface area contributed by atoms with E-state index in [2.05, 4.69) is 16.4 Å². The highest BCUT2D eigenvalue weighted by Crippen LogP contribution is 2.28. The van der Waals surface area contributed by atoms with Crippen LogP contribution in [0.3, 0.4) is 0 Å². The van der Waals surface area contributed by atoms with Gasteiger partial charge in [-0.3, -0.25) is 4.79 Å². The third-order valence-corrected chi connectivity index (χ3v) is 3.84. The van der Waals surface area contributed by atoms with Gasteiger partial charge in [-0.15, -0.1) is 0 Å². The Morgan fingerprint density at radius 3 is 2.95 bits per heavy atom. The Balaban J connectivity index is 1.93. The van der Waals surface area contributed by atoms with Gasteiger partial charge < -0.3 is 10.2 Å². The normalized spacial score (nSPS) is 14.5. The average molecular weight is 281 g/mol. The summed E-state index contributed by atoms with van der Waals surface area (Å²) in [6.07, 6.45) is 4.27. The molecule has 21 heavy (non-hydrogen) atoms. The van der Waals surface area contributed by atoms with Crippen LogP contribution in [0, 0.1) is 0 Å². The van der Waals surface area contributed by atoms with Crippen LogP contribution in [0.4, 0.5) is 11.5 Å². The van der Waals surface area contributed by atoms with Crippen molar-refractivity contribution >= 4 is 17.4 Å². The lowest BCUT2D eigenvalue weighted by Crippen LogP contribution is -2.29. The molecule has 1 amide bonds. The Hall–Kier alpha value is -2.36. The van der Waals surface area contributed by atoms with E-state index in [1.807, 2.05) is 42.3 Å². The van der Waals surface area contributed by atoms with E-state index in [0.717, 1.165) is 29.9 Å². The number of aryl methyl sites for hydroxylation is 1. The van der Waals surface area contributed by atoms with Crippen LogP contribution in [0.5, 0.6) is 0 Å². The maximum atomic E-state index is 12.4. The van der Waals surface area contributed by atoms with Gasteiger partial charge in [-0.05, 0) is 42.2 Å². The molecule has 108 valence electrons. The smallest absolute Gasteiger partial charge is 0.227 e. The van der Waals surface area contributed by atoms with E-state index in [1.54, 1.807) is 6.20 Å². The van der Waals surface area contributed by atoms with Crippen molar-refractivity contribution in [1.82, 2.24) is 4.98 Å². The molecule has 0 atom stereocenters. The number of pyridine rings is 1. The zero-order valence-corrected chi connectivity index (χ0v) is 12.2. The number of hydrogen-bond acceptors (Lipinski definition) is 3. The van der Waals surface area contributed by atoms with Crippen molar-refractivity contribution < 1.29 is 4.79 Å². The summed E-state index contributed by atoms with van der Waals surface area (Å²) in [6, 6.07) is 12.1. The molecule has 1 aliphatic heterocycles. The molecule has 2 heterocycles. The Bertz CT molecular complexity index is 654. The molecule has 0 unspecified atom stereocenters. The molecule has 0 spiro atoms. The molecular formula is C17H19N3O. The Morgan fingerprint density at radius 2 is 2.10 bits per heavy atom. The van der Waals surface area contributed by atoms with E-state index in [-0.39, 0.29) is 5.91 Å². The predicted octanol–water partition coefficient (Wildman–Crippen LogP) is 2.99. The van der Waals surface area contributed by atoms with Crippen LogP contribution in [0.2, 0.25) is 0 Å². The third-order valence-electron chi connectivity index (χ3n) is 3.84. The molecule has 0 saturated carbocycles. The summed E-state index contributed by atoms with van der Waals surface area (Å²) in [4.78, 5) is 18.5. The van der Waals surface area contributed by atoms with Gasteiger partial charge in [-0.25, -0.2) is 4.98 Å². The SMILES string of the molecule is CNc1cc(CN2C(=O)CCCc3ccccc32)ccn1. The molecule has 0 fully saturated rings. The molecule has 1 N–H and O–H groups in total. The maximum absolute atomic E-state index is 12.4. The van der Waals surface area contributed by atoms with E-state index in [9.17, 15) is 4.79 Å². The lowest BCUT2D eigenvalue weighted by Gasteiger charge is -2.23. The highest BCUT2D eigenvalue weighted by atomic mass is 16.2. The van der Waals surface area contributed by atoms with Gasteiger partial charge in [-0.2, -0.15) is 0 Å². The summed E-state index contributed by atoms with van der Waals surface area (Å²) in [6.45, 7) is 0.590. The topological polar surface area (TPSA) is 45.2 Å². The number of anilines is 2. The lowest BCUT2D eigenvalue weighted by atomic mass is 10.1. The standard InChI is InChI=1S/C17H19N3O/c1-18-16-11-13(9-10-19-16)12-20-15-7-3-2-5-14(15)6-4-8-17(20)21/h2-3,5,7,9-11H,4,6,8,12H2,1H3,(H,18,19). The summed E-state index contributed by atoms with van der Waals surface area (Å²) in [7, 11) is 1.85. The molecular weight excluding hydrogens is 262 g/mol. The second-order valence-electron chi connectivity index (χ2n) is 5.26. The molecule has 3 rings (SSSR count). The van der Waals surface area contributed by atoms with Gasteiger partial charge in [0.1, 0.15) is 5.82 Å². The van der Waals surface area contributed by atoms with Crippen LogP contribution in [-0.2, 0) is 17.8 Å². The Labute approximate surface area is 124 Å². The van der Waals surface area contributed by atoms with Crippen molar-refractivity contribution in [2.75, 3.05) is 17.3 Å². The quantitative estimate of drug-likeness (QED) is 0.940. The van der Waals surface area contributed by atoms with Gasteiger partial charge in [-0.1, -0.05) is 18.2 Å². The van der Waals surface area contributed by atoms with Crippen LogP contribution in [0.1, 0.15) is 24.0 Å². The zero-order valence-electron chi connectivity index (χ0n) is 12.2. The summed E-state index contributed by atoms with van der Waals surface area (Å²) < 4.78 is 0. The first-order valence-corrected chi connectivity index (χ1v) is 7.29. The van der Waals surface area contributed by atoms with Crippen molar-refractivity contribution in [1.29, 1.82) is 0 Å². The van der Waals surface area contributed by atoms with Crippen LogP contribution < -0.4 is 10.2 Å². The highest BCUT2D eigenvalue weighted by molar-refractivity contribution is 5.94. The summed E-state index contributed by atoms with van der Waals surface area (Å²) >= 11 is 0. The number of carbonyl (C=O) groups is 1. The van der Waals surface area contributed by atoms with Gasteiger partial charge in [0.2, 0.25) is 5.91 Å². The number of nitrogens with zero attached hydrogens (tertiary/aromatic N) is 2. The van der Waals surface area contributed by atoms with E-state index >= 15 is 0 Å². The monoisotopic (exact) mass is 281 g/mol. The molecule has 2 aromatic rings. The first kappa shape index (κ1) is 13.6. The third kappa shape index (κ3) is 2.89. The van der Waals surface area contributed by atoms with Crippen molar-refractivity contribution in [3.05, 3.63) is 53.7 Å². The van der Waals surface area contributed by atoms with Crippen molar-refractivity contribution in [2.45, 2.75) is 25.8 Å². The van der Waals surface area contributed by atoms with Gasteiger partial charge >= 0.3 is 0 Å².